The second-order valence-corrected chi connectivity index (χ2v) is 7.33. The van der Waals surface area contributed by atoms with Crippen LogP contribution in [0.25, 0.3) is 0 Å². The molecule has 148 valence electrons. The number of sulfonamides is 1. The molecule has 0 heterocycles. The van der Waals surface area contributed by atoms with Crippen molar-refractivity contribution in [3.8, 4) is 6.07 Å². The number of carbonyl (C=O) groups is 1. The fraction of sp³-hybridized carbons (Fsp3) is 0.222. The normalized spacial score (nSPS) is 11.6. The van der Waals surface area contributed by atoms with Crippen molar-refractivity contribution in [3.63, 3.8) is 0 Å². The van der Waals surface area contributed by atoms with Crippen LogP contribution in [0.5, 0.6) is 0 Å². The van der Waals surface area contributed by atoms with Crippen LogP contribution in [0.4, 0.5) is 13.2 Å². The summed E-state index contributed by atoms with van der Waals surface area (Å²) in [5, 5.41) is 8.43. The third-order valence-corrected chi connectivity index (χ3v) is 5.09. The molecule has 2 aromatic carbocycles. The van der Waals surface area contributed by atoms with Crippen LogP contribution in [0.2, 0.25) is 0 Å². The first kappa shape index (κ1) is 21.4. The average molecular weight is 412 g/mol. The molecule has 2 rings (SSSR count). The molecular weight excluding hydrogens is 397 g/mol. The summed E-state index contributed by atoms with van der Waals surface area (Å²) in [7, 11) is -3.83. The Morgan fingerprint density at radius 3 is 2.36 bits per heavy atom. The zero-order valence-electron chi connectivity index (χ0n) is 14.4. The Balaban J connectivity index is 2.06. The van der Waals surface area contributed by atoms with Gasteiger partial charge in [-0.2, -0.15) is 18.4 Å². The van der Waals surface area contributed by atoms with Crippen LogP contribution in [0.15, 0.2) is 53.4 Å². The quantitative estimate of drug-likeness (QED) is 0.556. The molecule has 0 aliphatic carbocycles. The fourth-order valence-corrected chi connectivity index (χ4v) is 3.28. The van der Waals surface area contributed by atoms with Crippen molar-refractivity contribution < 1.29 is 31.1 Å². The lowest BCUT2D eigenvalue weighted by Crippen LogP contribution is -2.24. The standard InChI is InChI=1S/C18H15F3N2O4S/c19-18(20,21)16-5-2-1-4-14(16)12-27-17(24)13-6-8-15(9-7-13)28(25,26)23-11-3-10-22/h1-2,4-9,23H,3,11-12H2. The van der Waals surface area contributed by atoms with Crippen molar-refractivity contribution in [2.75, 3.05) is 6.54 Å². The van der Waals surface area contributed by atoms with Crippen LogP contribution in [0, 0.1) is 11.3 Å². The number of ether oxygens (including phenoxy) is 1. The van der Waals surface area contributed by atoms with E-state index < -0.39 is 34.3 Å². The molecule has 0 aromatic heterocycles. The Morgan fingerprint density at radius 2 is 1.75 bits per heavy atom. The maximum Gasteiger partial charge on any atom is 0.416 e. The van der Waals surface area contributed by atoms with Crippen LogP contribution in [-0.4, -0.2) is 20.9 Å². The van der Waals surface area contributed by atoms with E-state index in [0.717, 1.165) is 18.2 Å². The van der Waals surface area contributed by atoms with E-state index in [9.17, 15) is 26.4 Å². The molecule has 0 amide bonds. The Bertz CT molecular complexity index is 981. The minimum absolute atomic E-state index is 0.00302. The van der Waals surface area contributed by atoms with Crippen molar-refractivity contribution >= 4 is 16.0 Å². The highest BCUT2D eigenvalue weighted by Gasteiger charge is 2.33. The molecule has 10 heteroatoms. The van der Waals surface area contributed by atoms with E-state index in [1.807, 2.05) is 0 Å². The molecule has 0 aliphatic rings. The summed E-state index contributed by atoms with van der Waals surface area (Å²) < 4.78 is 69.9. The van der Waals surface area contributed by atoms with Gasteiger partial charge in [0.15, 0.2) is 0 Å². The van der Waals surface area contributed by atoms with E-state index in [2.05, 4.69) is 4.72 Å². The van der Waals surface area contributed by atoms with Gasteiger partial charge in [0, 0.05) is 18.5 Å². The van der Waals surface area contributed by atoms with Crippen molar-refractivity contribution in [3.05, 3.63) is 65.2 Å². The largest absolute Gasteiger partial charge is 0.457 e. The number of halogens is 3. The Hall–Kier alpha value is -2.90. The lowest BCUT2D eigenvalue weighted by atomic mass is 10.1. The molecular formula is C18H15F3N2O4S. The average Bonchev–Trinajstić information content (AvgIpc) is 2.66. The SMILES string of the molecule is N#CCCNS(=O)(=O)c1ccc(C(=O)OCc2ccccc2C(F)(F)F)cc1. The van der Waals surface area contributed by atoms with E-state index in [1.54, 1.807) is 6.07 Å². The highest BCUT2D eigenvalue weighted by Crippen LogP contribution is 2.32. The van der Waals surface area contributed by atoms with Crippen LogP contribution in [0.3, 0.4) is 0 Å². The molecule has 1 N–H and O–H groups in total. The van der Waals surface area contributed by atoms with E-state index in [1.165, 1.54) is 30.3 Å². The Morgan fingerprint density at radius 1 is 1.11 bits per heavy atom. The van der Waals surface area contributed by atoms with Gasteiger partial charge in [-0.25, -0.2) is 17.9 Å². The van der Waals surface area contributed by atoms with Gasteiger partial charge in [-0.05, 0) is 30.3 Å². The number of rotatable bonds is 7. The summed E-state index contributed by atoms with van der Waals surface area (Å²) in [6.45, 7) is -0.633. The van der Waals surface area contributed by atoms with Gasteiger partial charge >= 0.3 is 12.1 Å². The van der Waals surface area contributed by atoms with Gasteiger partial charge in [-0.1, -0.05) is 18.2 Å². The lowest BCUT2D eigenvalue weighted by Gasteiger charge is -2.13. The number of benzene rings is 2. The summed E-state index contributed by atoms with van der Waals surface area (Å²) in [6, 6.07) is 11.2. The number of hydrogen-bond donors (Lipinski definition) is 1. The zero-order valence-corrected chi connectivity index (χ0v) is 15.2. The number of hydrogen-bond acceptors (Lipinski definition) is 5. The minimum Gasteiger partial charge on any atom is -0.457 e. The van der Waals surface area contributed by atoms with Crippen LogP contribution in [-0.2, 0) is 27.5 Å². The highest BCUT2D eigenvalue weighted by atomic mass is 32.2. The summed E-state index contributed by atoms with van der Waals surface area (Å²) >= 11 is 0. The topological polar surface area (TPSA) is 96.3 Å². The molecule has 0 spiro atoms. The molecule has 0 unspecified atom stereocenters. The van der Waals surface area contributed by atoms with Gasteiger partial charge in [0.05, 0.1) is 22.1 Å². The molecule has 6 nitrogen and oxygen atoms in total. The predicted octanol–water partition coefficient (Wildman–Crippen LogP) is 3.25. The number of carbonyl (C=O) groups excluding carboxylic acids is 1. The highest BCUT2D eigenvalue weighted by molar-refractivity contribution is 7.89. The molecule has 28 heavy (non-hydrogen) atoms. The first-order valence-corrected chi connectivity index (χ1v) is 9.42. The van der Waals surface area contributed by atoms with Crippen molar-refractivity contribution in [2.45, 2.75) is 24.1 Å². The first-order valence-electron chi connectivity index (χ1n) is 7.94. The maximum atomic E-state index is 12.9. The summed E-state index contributed by atoms with van der Waals surface area (Å²) in [4.78, 5) is 11.9. The fourth-order valence-electron chi connectivity index (χ4n) is 2.24. The minimum atomic E-state index is -4.57. The summed E-state index contributed by atoms with van der Waals surface area (Å²) in [5.41, 5.74) is -1.10. The molecule has 0 fully saturated rings. The second kappa shape index (κ2) is 8.86. The Labute approximate surface area is 159 Å². The first-order chi connectivity index (χ1) is 13.1. The third-order valence-electron chi connectivity index (χ3n) is 3.61. The van der Waals surface area contributed by atoms with E-state index in [4.69, 9.17) is 10.00 Å². The molecule has 0 atom stereocenters. The van der Waals surface area contributed by atoms with Gasteiger partial charge < -0.3 is 4.74 Å². The number of nitriles is 1. The molecule has 0 aliphatic heterocycles. The summed E-state index contributed by atoms with van der Waals surface area (Å²) in [5.74, 6) is -0.890. The van der Waals surface area contributed by atoms with E-state index >= 15 is 0 Å². The molecule has 0 radical (unpaired) electrons. The van der Waals surface area contributed by atoms with Gasteiger partial charge in [0.2, 0.25) is 10.0 Å². The van der Waals surface area contributed by atoms with Gasteiger partial charge in [-0.3, -0.25) is 0 Å². The molecule has 0 bridgehead atoms. The van der Waals surface area contributed by atoms with Crippen LogP contribution in [0.1, 0.15) is 27.9 Å². The summed E-state index contributed by atoms with van der Waals surface area (Å²) in [6.07, 6.45) is -4.57. The van der Waals surface area contributed by atoms with Crippen LogP contribution >= 0.6 is 0 Å². The number of esters is 1. The van der Waals surface area contributed by atoms with E-state index in [0.29, 0.717) is 0 Å². The smallest absolute Gasteiger partial charge is 0.416 e. The van der Waals surface area contributed by atoms with E-state index in [-0.39, 0.29) is 29.0 Å². The number of alkyl halides is 3. The zero-order chi connectivity index (χ0) is 20.8. The predicted molar refractivity (Wildman–Crippen MR) is 92.4 cm³/mol. The monoisotopic (exact) mass is 412 g/mol. The maximum absolute atomic E-state index is 12.9. The second-order valence-electron chi connectivity index (χ2n) is 5.56. The number of nitrogens with zero attached hydrogens (tertiary/aromatic N) is 1. The molecule has 2 aromatic rings. The number of nitrogens with one attached hydrogen (secondary N) is 1. The van der Waals surface area contributed by atoms with Crippen molar-refractivity contribution in [1.82, 2.24) is 4.72 Å². The third kappa shape index (κ3) is 5.55. The lowest BCUT2D eigenvalue weighted by molar-refractivity contribution is -0.138. The Kier molecular flexibility index (Phi) is 6.77. The van der Waals surface area contributed by atoms with Crippen molar-refractivity contribution in [1.29, 1.82) is 5.26 Å². The van der Waals surface area contributed by atoms with Crippen LogP contribution < -0.4 is 4.72 Å². The van der Waals surface area contributed by atoms with Crippen molar-refractivity contribution in [2.24, 2.45) is 0 Å². The van der Waals surface area contributed by atoms with Gasteiger partial charge in [-0.15, -0.1) is 0 Å². The van der Waals surface area contributed by atoms with Gasteiger partial charge in [0.1, 0.15) is 6.61 Å². The molecule has 0 saturated heterocycles. The molecule has 0 saturated carbocycles. The van der Waals surface area contributed by atoms with Gasteiger partial charge in [0.25, 0.3) is 0 Å².